The van der Waals surface area contributed by atoms with Gasteiger partial charge >= 0.3 is 18.0 Å². The number of fused-ring (bicyclic) bond motifs is 1. The molecule has 0 amide bonds. The Kier molecular flexibility index (Phi) is 12.5. The minimum Gasteiger partial charge on any atom is -0.478 e. The van der Waals surface area contributed by atoms with Crippen LogP contribution in [0.2, 0.25) is 0 Å². The fraction of sp³-hybridized carbons (Fsp3) is 0.516. The molecular weight excluding hydrogens is 539 g/mol. The van der Waals surface area contributed by atoms with Crippen LogP contribution in [-0.2, 0) is 9.53 Å². The minimum atomic E-state index is -4.90. The lowest BCUT2D eigenvalue weighted by Crippen LogP contribution is -2.18. The van der Waals surface area contributed by atoms with Gasteiger partial charge in [-0.05, 0) is 37.5 Å². The highest BCUT2D eigenvalue weighted by Crippen LogP contribution is 2.33. The number of benzene rings is 1. The van der Waals surface area contributed by atoms with E-state index < -0.39 is 17.7 Å². The van der Waals surface area contributed by atoms with Crippen LogP contribution in [-0.4, -0.2) is 30.5 Å². The van der Waals surface area contributed by atoms with Crippen LogP contribution in [0.25, 0.3) is 22.2 Å². The molecule has 2 aromatic heterocycles. The summed E-state index contributed by atoms with van der Waals surface area (Å²) in [6, 6.07) is 10.1. The van der Waals surface area contributed by atoms with Crippen molar-refractivity contribution in [2.24, 2.45) is 5.92 Å². The monoisotopic (exact) mass is 577 g/mol. The molecular formula is C31H38F3NO6. The van der Waals surface area contributed by atoms with E-state index in [4.69, 9.17) is 13.9 Å². The van der Waals surface area contributed by atoms with E-state index in [-0.39, 0.29) is 28.7 Å². The second-order valence-electron chi connectivity index (χ2n) is 10.0. The number of para-hydroxylation sites is 1. The summed E-state index contributed by atoms with van der Waals surface area (Å²) in [4.78, 5) is 28.4. The molecule has 0 bridgehead atoms. The Morgan fingerprint density at radius 2 is 1.54 bits per heavy atom. The van der Waals surface area contributed by atoms with Gasteiger partial charge in [-0.2, -0.15) is 4.98 Å². The van der Waals surface area contributed by atoms with Crippen molar-refractivity contribution in [3.8, 4) is 22.8 Å². The second kappa shape index (κ2) is 16.0. The third-order valence-electron chi connectivity index (χ3n) is 6.77. The molecule has 0 aliphatic rings. The Labute approximate surface area is 238 Å². The number of pyridine rings is 1. The van der Waals surface area contributed by atoms with Crippen molar-refractivity contribution in [2.45, 2.75) is 84.4 Å². The Balaban J connectivity index is 1.36. The number of alkyl halides is 3. The fourth-order valence-electron chi connectivity index (χ4n) is 4.25. The summed E-state index contributed by atoms with van der Waals surface area (Å²) in [5.74, 6) is -0.303. The van der Waals surface area contributed by atoms with Crippen molar-refractivity contribution in [3.05, 3.63) is 52.9 Å². The van der Waals surface area contributed by atoms with E-state index in [2.05, 4.69) is 9.72 Å². The van der Waals surface area contributed by atoms with Gasteiger partial charge in [-0.15, -0.1) is 13.2 Å². The number of carbonyl (C=O) groups excluding carboxylic acids is 1. The normalized spacial score (nSPS) is 12.3. The molecule has 3 aromatic rings. The molecule has 0 saturated heterocycles. The first kappa shape index (κ1) is 32.0. The highest BCUT2D eigenvalue weighted by Gasteiger charge is 2.32. The Morgan fingerprint density at radius 3 is 2.20 bits per heavy atom. The molecule has 41 heavy (non-hydrogen) atoms. The summed E-state index contributed by atoms with van der Waals surface area (Å²) in [6.45, 7) is 4.85. The molecule has 0 N–H and O–H groups in total. The van der Waals surface area contributed by atoms with E-state index in [0.29, 0.717) is 24.5 Å². The maximum Gasteiger partial charge on any atom is 0.573 e. The van der Waals surface area contributed by atoms with Gasteiger partial charge in [0.05, 0.1) is 24.7 Å². The number of rotatable bonds is 17. The van der Waals surface area contributed by atoms with E-state index in [9.17, 15) is 22.8 Å². The molecule has 2 heterocycles. The van der Waals surface area contributed by atoms with E-state index in [1.54, 1.807) is 12.1 Å². The summed E-state index contributed by atoms with van der Waals surface area (Å²) in [6.07, 6.45) is 5.53. The lowest BCUT2D eigenvalue weighted by atomic mass is 10.1. The number of hydrogen-bond acceptors (Lipinski definition) is 7. The molecule has 0 aliphatic carbocycles. The zero-order valence-electron chi connectivity index (χ0n) is 23.6. The number of ether oxygens (including phenoxy) is 3. The molecule has 224 valence electrons. The summed E-state index contributed by atoms with van der Waals surface area (Å²) >= 11 is 0. The maximum atomic E-state index is 12.8. The fourth-order valence-corrected chi connectivity index (χ4v) is 4.25. The van der Waals surface area contributed by atoms with Crippen molar-refractivity contribution in [2.75, 3.05) is 13.2 Å². The highest BCUT2D eigenvalue weighted by atomic mass is 19.4. The second-order valence-corrected chi connectivity index (χ2v) is 10.0. The number of nitrogens with zero attached hydrogens (tertiary/aromatic N) is 1. The van der Waals surface area contributed by atoms with Crippen LogP contribution in [0.15, 0.2) is 51.7 Å². The first-order chi connectivity index (χ1) is 19.7. The van der Waals surface area contributed by atoms with Gasteiger partial charge in [0.25, 0.3) is 0 Å². The lowest BCUT2D eigenvalue weighted by molar-refractivity contribution is -0.274. The van der Waals surface area contributed by atoms with Gasteiger partial charge < -0.3 is 18.6 Å². The number of carbonyl (C=O) groups is 1. The maximum absolute atomic E-state index is 12.8. The average Bonchev–Trinajstić information content (AvgIpc) is 2.94. The molecule has 1 aromatic carbocycles. The summed E-state index contributed by atoms with van der Waals surface area (Å²) in [5.41, 5.74) is -0.874. The van der Waals surface area contributed by atoms with Crippen molar-refractivity contribution in [1.82, 2.24) is 4.98 Å². The van der Waals surface area contributed by atoms with E-state index >= 15 is 0 Å². The standard InChI is InChI=1S/C31H38F3NO6/c1-3-22(2)29(36)39-20-14-10-8-6-4-5-7-9-13-19-38-27-18-17-23-21-25(30(37)40-28(23)35-27)24-15-11-12-16-26(24)41-31(32,33)34/h11-12,15-18,21-22H,3-10,13-14,19-20H2,1-2H3. The van der Waals surface area contributed by atoms with E-state index in [1.807, 2.05) is 13.8 Å². The van der Waals surface area contributed by atoms with Crippen LogP contribution in [0.3, 0.4) is 0 Å². The predicted octanol–water partition coefficient (Wildman–Crippen LogP) is 8.23. The minimum absolute atomic E-state index is 0.0229. The lowest BCUT2D eigenvalue weighted by Gasteiger charge is -2.13. The first-order valence-electron chi connectivity index (χ1n) is 14.3. The SMILES string of the molecule is CCC(C)C(=O)OCCCCCCCCCCCOc1ccc2cc(-c3ccccc3OC(F)(F)F)c(=O)oc2n1. The molecule has 0 spiro atoms. The molecule has 0 fully saturated rings. The van der Waals surface area contributed by atoms with Gasteiger partial charge in [0.15, 0.2) is 0 Å². The molecule has 1 atom stereocenters. The number of aromatic nitrogens is 1. The number of unbranched alkanes of at least 4 members (excludes halogenated alkanes) is 8. The third-order valence-corrected chi connectivity index (χ3v) is 6.77. The van der Waals surface area contributed by atoms with Crippen LogP contribution in [0.5, 0.6) is 11.6 Å². The van der Waals surface area contributed by atoms with Crippen LogP contribution in [0.1, 0.15) is 78.1 Å². The zero-order valence-corrected chi connectivity index (χ0v) is 23.6. The van der Waals surface area contributed by atoms with Crippen LogP contribution in [0.4, 0.5) is 13.2 Å². The van der Waals surface area contributed by atoms with Gasteiger partial charge in [0.2, 0.25) is 11.6 Å². The Bertz CT molecular complexity index is 1310. The van der Waals surface area contributed by atoms with Crippen molar-refractivity contribution >= 4 is 17.1 Å². The molecule has 7 nitrogen and oxygen atoms in total. The van der Waals surface area contributed by atoms with Crippen LogP contribution in [0, 0.1) is 5.92 Å². The number of hydrogen-bond donors (Lipinski definition) is 0. The molecule has 3 rings (SSSR count). The number of esters is 1. The topological polar surface area (TPSA) is 87.9 Å². The van der Waals surface area contributed by atoms with Gasteiger partial charge in [0.1, 0.15) is 5.75 Å². The Morgan fingerprint density at radius 1 is 0.902 bits per heavy atom. The van der Waals surface area contributed by atoms with Gasteiger partial charge in [-0.25, -0.2) is 4.79 Å². The van der Waals surface area contributed by atoms with Crippen molar-refractivity contribution in [3.63, 3.8) is 0 Å². The molecule has 1 unspecified atom stereocenters. The first-order valence-corrected chi connectivity index (χ1v) is 14.3. The predicted molar refractivity (Wildman–Crippen MR) is 150 cm³/mol. The molecule has 0 aliphatic heterocycles. The van der Waals surface area contributed by atoms with Crippen LogP contribution >= 0.6 is 0 Å². The summed E-state index contributed by atoms with van der Waals surface area (Å²) in [5, 5.41) is 0.445. The number of halogens is 3. The van der Waals surface area contributed by atoms with Gasteiger partial charge in [0, 0.05) is 17.0 Å². The highest BCUT2D eigenvalue weighted by molar-refractivity contribution is 5.81. The molecule has 10 heteroatoms. The van der Waals surface area contributed by atoms with Crippen LogP contribution < -0.4 is 15.1 Å². The zero-order chi connectivity index (χ0) is 29.7. The average molecular weight is 578 g/mol. The third kappa shape index (κ3) is 10.7. The molecule has 0 radical (unpaired) electrons. The van der Waals surface area contributed by atoms with Crippen molar-refractivity contribution in [1.29, 1.82) is 0 Å². The Hall–Kier alpha value is -3.56. The largest absolute Gasteiger partial charge is 0.573 e. The van der Waals surface area contributed by atoms with E-state index in [0.717, 1.165) is 57.4 Å². The van der Waals surface area contributed by atoms with Gasteiger partial charge in [-0.1, -0.05) is 77.0 Å². The quantitative estimate of drug-likeness (QED) is 0.118. The molecule has 0 saturated carbocycles. The van der Waals surface area contributed by atoms with Crippen molar-refractivity contribution < 1.29 is 36.6 Å². The summed E-state index contributed by atoms with van der Waals surface area (Å²) < 4.78 is 58.7. The summed E-state index contributed by atoms with van der Waals surface area (Å²) in [7, 11) is 0. The van der Waals surface area contributed by atoms with E-state index in [1.165, 1.54) is 37.1 Å². The van der Waals surface area contributed by atoms with Gasteiger partial charge in [-0.3, -0.25) is 4.79 Å². The smallest absolute Gasteiger partial charge is 0.478 e.